The number of hydrogen-bond acceptors (Lipinski definition) is 11. The Bertz CT molecular complexity index is 1330. The van der Waals surface area contributed by atoms with E-state index >= 15 is 0 Å². The van der Waals surface area contributed by atoms with E-state index in [1.807, 2.05) is 0 Å². The maximum absolute atomic E-state index is 12.8. The number of nitrogens with zero attached hydrogens (tertiary/aromatic N) is 7. The van der Waals surface area contributed by atoms with Gasteiger partial charge in [0.1, 0.15) is 11.4 Å². The van der Waals surface area contributed by atoms with E-state index in [1.54, 1.807) is 31.4 Å². The Balaban J connectivity index is 1.66. The fourth-order valence-corrected chi connectivity index (χ4v) is 2.83. The Labute approximate surface area is 184 Å². The minimum absolute atomic E-state index is 0.00311. The molecule has 0 fully saturated rings. The van der Waals surface area contributed by atoms with Crippen LogP contribution >= 0.6 is 0 Å². The highest BCUT2D eigenvalue weighted by Crippen LogP contribution is 2.28. The highest BCUT2D eigenvalue weighted by molar-refractivity contribution is 5.98. The summed E-state index contributed by atoms with van der Waals surface area (Å²) in [6, 6.07) is 12.4. The van der Waals surface area contributed by atoms with E-state index in [0.717, 1.165) is 10.2 Å². The van der Waals surface area contributed by atoms with Crippen LogP contribution in [0.5, 0.6) is 5.75 Å². The predicted octanol–water partition coefficient (Wildman–Crippen LogP) is 1.58. The van der Waals surface area contributed by atoms with Crippen LogP contribution in [0.2, 0.25) is 0 Å². The molecule has 166 valence electrons. The summed E-state index contributed by atoms with van der Waals surface area (Å²) >= 11 is 0. The number of carbonyl (C=O) groups excluding carboxylic acids is 1. The zero-order valence-corrected chi connectivity index (χ0v) is 16.9. The van der Waals surface area contributed by atoms with Gasteiger partial charge in [-0.25, -0.2) is 10.1 Å². The molecule has 14 heteroatoms. The number of nitrogens with one attached hydrogen (secondary N) is 1. The number of anilines is 1. The van der Waals surface area contributed by atoms with Gasteiger partial charge in [0.05, 0.1) is 18.2 Å². The van der Waals surface area contributed by atoms with Gasteiger partial charge in [-0.05, 0) is 52.3 Å². The maximum atomic E-state index is 12.8. The van der Waals surface area contributed by atoms with Crippen molar-refractivity contribution in [3.8, 4) is 22.8 Å². The van der Waals surface area contributed by atoms with Gasteiger partial charge in [0.25, 0.3) is 11.6 Å². The average Bonchev–Trinajstić information content (AvgIpc) is 3.45. The molecule has 0 saturated carbocycles. The van der Waals surface area contributed by atoms with Gasteiger partial charge in [-0.1, -0.05) is 5.21 Å². The Morgan fingerprint density at radius 2 is 1.94 bits per heavy atom. The smallest absolute Gasteiger partial charge is 0.294 e. The molecule has 1 amide bonds. The zero-order valence-electron chi connectivity index (χ0n) is 16.9. The fraction of sp³-hybridized carbons (Fsp3) is 0.0526. The second-order valence-corrected chi connectivity index (χ2v) is 6.45. The van der Waals surface area contributed by atoms with Crippen LogP contribution < -0.4 is 15.9 Å². The van der Waals surface area contributed by atoms with Crippen LogP contribution in [0.1, 0.15) is 16.1 Å². The van der Waals surface area contributed by atoms with Gasteiger partial charge in [-0.3, -0.25) is 14.9 Å². The number of methoxy groups -OCH3 is 1. The number of nitro groups is 1. The first-order valence-electron chi connectivity index (χ1n) is 9.24. The van der Waals surface area contributed by atoms with E-state index in [9.17, 15) is 14.9 Å². The van der Waals surface area contributed by atoms with Crippen molar-refractivity contribution in [2.45, 2.75) is 0 Å². The monoisotopic (exact) mass is 449 g/mol. The molecule has 0 spiro atoms. The molecule has 2 heterocycles. The number of hydrazone groups is 1. The number of benzene rings is 2. The largest absolute Gasteiger partial charge is 0.497 e. The van der Waals surface area contributed by atoms with Gasteiger partial charge >= 0.3 is 0 Å². The fourth-order valence-electron chi connectivity index (χ4n) is 2.83. The summed E-state index contributed by atoms with van der Waals surface area (Å²) in [7, 11) is 1.56. The van der Waals surface area contributed by atoms with Crippen molar-refractivity contribution in [1.29, 1.82) is 0 Å². The Hall–Kier alpha value is -5.14. The first-order valence-corrected chi connectivity index (χ1v) is 9.24. The quantitative estimate of drug-likeness (QED) is 0.238. The molecule has 3 N–H and O–H groups in total. The van der Waals surface area contributed by atoms with Gasteiger partial charge in [0.15, 0.2) is 5.69 Å². The van der Waals surface area contributed by atoms with Crippen LogP contribution in [0.15, 0.2) is 58.3 Å². The number of rotatable bonds is 7. The third-order valence-electron chi connectivity index (χ3n) is 4.43. The predicted molar refractivity (Wildman–Crippen MR) is 114 cm³/mol. The van der Waals surface area contributed by atoms with Gasteiger partial charge < -0.3 is 10.5 Å². The topological polar surface area (TPSA) is 189 Å². The number of nitrogens with two attached hydrogens (primary N) is 1. The Morgan fingerprint density at radius 3 is 2.55 bits per heavy atom. The van der Waals surface area contributed by atoms with Gasteiger partial charge in [-0.2, -0.15) is 9.78 Å². The SMILES string of the molecule is COc1ccc(C=NNC(=O)c2nnn(-c3nonc3N)c2-c2ccc([N+](=O)[O-])cc2)cc1. The lowest BCUT2D eigenvalue weighted by Gasteiger charge is -2.05. The summed E-state index contributed by atoms with van der Waals surface area (Å²) in [6.45, 7) is 0. The van der Waals surface area contributed by atoms with Gasteiger partial charge in [0.2, 0.25) is 11.6 Å². The number of ether oxygens (including phenoxy) is 1. The molecule has 0 bridgehead atoms. The lowest BCUT2D eigenvalue weighted by Crippen LogP contribution is -2.19. The molecular weight excluding hydrogens is 434 g/mol. The van der Waals surface area contributed by atoms with Crippen LogP contribution in [0, 0.1) is 10.1 Å². The van der Waals surface area contributed by atoms with E-state index in [4.69, 9.17) is 10.5 Å². The molecule has 0 aliphatic heterocycles. The standard InChI is InChI=1S/C19H15N9O5/c1-32-14-8-2-11(3-9-14)10-21-23-19(29)15-16(12-4-6-13(7-5-12)28(30)31)27(26-22-15)18-17(20)24-33-25-18/h2-10H,1H3,(H2,20,24)(H,23,29). The second kappa shape index (κ2) is 8.93. The van der Waals surface area contributed by atoms with Crippen molar-refractivity contribution in [1.82, 2.24) is 30.7 Å². The van der Waals surface area contributed by atoms with Crippen molar-refractivity contribution < 1.29 is 19.1 Å². The van der Waals surface area contributed by atoms with Crippen molar-refractivity contribution >= 4 is 23.6 Å². The summed E-state index contributed by atoms with van der Waals surface area (Å²) in [5.74, 6) is -0.0965. The third-order valence-corrected chi connectivity index (χ3v) is 4.43. The first-order chi connectivity index (χ1) is 16.0. The molecule has 4 rings (SSSR count). The summed E-state index contributed by atoms with van der Waals surface area (Å²) in [4.78, 5) is 23.3. The maximum Gasteiger partial charge on any atom is 0.294 e. The van der Waals surface area contributed by atoms with E-state index in [-0.39, 0.29) is 28.7 Å². The number of non-ortho nitro benzene ring substituents is 1. The number of amides is 1. The van der Waals surface area contributed by atoms with Gasteiger partial charge in [0, 0.05) is 17.7 Å². The summed E-state index contributed by atoms with van der Waals surface area (Å²) < 4.78 is 10.8. The van der Waals surface area contributed by atoms with Crippen LogP contribution in [0.4, 0.5) is 11.5 Å². The van der Waals surface area contributed by atoms with Crippen molar-refractivity contribution in [3.63, 3.8) is 0 Å². The van der Waals surface area contributed by atoms with Gasteiger partial charge in [-0.15, -0.1) is 5.10 Å². The number of aromatic nitrogens is 5. The van der Waals surface area contributed by atoms with E-state index in [0.29, 0.717) is 11.3 Å². The molecule has 0 unspecified atom stereocenters. The zero-order chi connectivity index (χ0) is 23.4. The summed E-state index contributed by atoms with van der Waals surface area (Å²) in [5.41, 5.74) is 9.14. The van der Waals surface area contributed by atoms with E-state index in [1.165, 1.54) is 30.5 Å². The normalized spacial score (nSPS) is 10.9. The number of nitro benzene ring substituents is 1. The van der Waals surface area contributed by atoms with Crippen LogP contribution in [-0.4, -0.2) is 49.5 Å². The molecule has 4 aromatic rings. The lowest BCUT2D eigenvalue weighted by atomic mass is 10.1. The summed E-state index contributed by atoms with van der Waals surface area (Å²) in [6.07, 6.45) is 1.44. The van der Waals surface area contributed by atoms with E-state index in [2.05, 4.69) is 35.8 Å². The molecule has 33 heavy (non-hydrogen) atoms. The minimum Gasteiger partial charge on any atom is -0.497 e. The number of hydrogen-bond donors (Lipinski definition) is 2. The van der Waals surface area contributed by atoms with Crippen LogP contribution in [-0.2, 0) is 0 Å². The molecule has 0 saturated heterocycles. The van der Waals surface area contributed by atoms with Crippen LogP contribution in [0.25, 0.3) is 17.1 Å². The van der Waals surface area contributed by atoms with Crippen molar-refractivity contribution in [2.75, 3.05) is 12.8 Å². The first kappa shape index (κ1) is 21.1. The molecule has 0 aliphatic carbocycles. The van der Waals surface area contributed by atoms with Crippen molar-refractivity contribution in [3.05, 3.63) is 69.9 Å². The van der Waals surface area contributed by atoms with Crippen LogP contribution in [0.3, 0.4) is 0 Å². The summed E-state index contributed by atoms with van der Waals surface area (Å²) in [5, 5.41) is 29.9. The highest BCUT2D eigenvalue weighted by atomic mass is 16.6. The minimum atomic E-state index is -0.686. The number of carbonyl (C=O) groups is 1. The lowest BCUT2D eigenvalue weighted by molar-refractivity contribution is -0.384. The molecule has 0 radical (unpaired) electrons. The third kappa shape index (κ3) is 4.34. The molecule has 2 aromatic heterocycles. The molecule has 14 nitrogen and oxygen atoms in total. The molecule has 0 aliphatic rings. The second-order valence-electron chi connectivity index (χ2n) is 6.45. The molecular formula is C19H15N9O5. The average molecular weight is 449 g/mol. The molecule has 2 aromatic carbocycles. The molecule has 0 atom stereocenters. The Kier molecular flexibility index (Phi) is 5.71. The Morgan fingerprint density at radius 1 is 1.21 bits per heavy atom. The van der Waals surface area contributed by atoms with E-state index < -0.39 is 10.8 Å². The van der Waals surface area contributed by atoms with Crippen molar-refractivity contribution in [2.24, 2.45) is 5.10 Å². The highest BCUT2D eigenvalue weighted by Gasteiger charge is 2.25. The number of nitrogen functional groups attached to an aromatic ring is 1.